The zero-order chi connectivity index (χ0) is 12.8. The summed E-state index contributed by atoms with van der Waals surface area (Å²) in [7, 11) is 0. The number of nitrogens with two attached hydrogens (primary N) is 1. The van der Waals surface area contributed by atoms with Gasteiger partial charge in [0.15, 0.2) is 5.96 Å². The maximum atomic E-state index is 5.87. The lowest BCUT2D eigenvalue weighted by Crippen LogP contribution is -2.23. The zero-order valence-electron chi connectivity index (χ0n) is 11.3. The lowest BCUT2D eigenvalue weighted by Gasteiger charge is -2.07. The largest absolute Gasteiger partial charge is 0.370 e. The van der Waals surface area contributed by atoms with Crippen LogP contribution in [0.15, 0.2) is 23.2 Å². The van der Waals surface area contributed by atoms with E-state index >= 15 is 0 Å². The van der Waals surface area contributed by atoms with Gasteiger partial charge in [-0.15, -0.1) is 24.0 Å². The molecule has 1 aliphatic rings. The van der Waals surface area contributed by atoms with E-state index in [1.807, 2.05) is 11.8 Å². The number of guanidine groups is 1. The molecule has 0 aliphatic heterocycles. The SMILES string of the molecule is CSCCCN=C(N)Nc1ccc2c(c1)CCC2.I. The van der Waals surface area contributed by atoms with Crippen LogP contribution in [0.25, 0.3) is 0 Å². The van der Waals surface area contributed by atoms with E-state index in [0.717, 1.165) is 24.4 Å². The Morgan fingerprint density at radius 2 is 2.16 bits per heavy atom. The molecule has 2 rings (SSSR count). The van der Waals surface area contributed by atoms with Crippen molar-refractivity contribution < 1.29 is 0 Å². The average Bonchev–Trinajstić information content (AvgIpc) is 2.82. The van der Waals surface area contributed by atoms with Crippen molar-refractivity contribution in [1.29, 1.82) is 0 Å². The number of hydrogen-bond acceptors (Lipinski definition) is 2. The molecule has 0 unspecified atom stereocenters. The number of nitrogens with zero attached hydrogens (tertiary/aromatic N) is 1. The highest BCUT2D eigenvalue weighted by Gasteiger charge is 2.10. The molecular formula is C14H22IN3S. The van der Waals surface area contributed by atoms with Gasteiger partial charge in [-0.1, -0.05) is 6.07 Å². The second kappa shape index (κ2) is 8.68. The summed E-state index contributed by atoms with van der Waals surface area (Å²) in [6.45, 7) is 0.796. The summed E-state index contributed by atoms with van der Waals surface area (Å²) in [5.41, 5.74) is 9.86. The van der Waals surface area contributed by atoms with Crippen molar-refractivity contribution in [3.8, 4) is 0 Å². The maximum Gasteiger partial charge on any atom is 0.193 e. The van der Waals surface area contributed by atoms with Crippen LogP contribution in [0.1, 0.15) is 24.0 Å². The second-order valence-corrected chi connectivity index (χ2v) is 5.56. The van der Waals surface area contributed by atoms with E-state index in [1.165, 1.54) is 30.4 Å². The summed E-state index contributed by atoms with van der Waals surface area (Å²) in [4.78, 5) is 4.32. The van der Waals surface area contributed by atoms with Crippen LogP contribution in [0.3, 0.4) is 0 Å². The fraction of sp³-hybridized carbons (Fsp3) is 0.500. The van der Waals surface area contributed by atoms with Crippen LogP contribution < -0.4 is 11.1 Å². The number of thioether (sulfide) groups is 1. The molecule has 5 heteroatoms. The standard InChI is InChI=1S/C14H21N3S.HI/c1-18-9-3-8-16-14(15)17-13-7-6-11-4-2-5-12(11)10-13;/h6-7,10H,2-5,8-9H2,1H3,(H3,15,16,17);1H. The Hall–Kier alpha value is -0.430. The Morgan fingerprint density at radius 3 is 2.95 bits per heavy atom. The summed E-state index contributed by atoms with van der Waals surface area (Å²) < 4.78 is 0. The third-order valence-corrected chi connectivity index (χ3v) is 3.86. The Kier molecular flexibility index (Phi) is 7.60. The predicted molar refractivity (Wildman–Crippen MR) is 97.0 cm³/mol. The number of hydrogen-bond donors (Lipinski definition) is 2. The first-order chi connectivity index (χ1) is 8.79. The van der Waals surface area contributed by atoms with Gasteiger partial charge in [-0.05, 0) is 61.0 Å². The molecule has 106 valence electrons. The molecule has 0 bridgehead atoms. The Labute approximate surface area is 136 Å². The molecule has 1 aliphatic carbocycles. The highest BCUT2D eigenvalue weighted by atomic mass is 127. The molecule has 3 nitrogen and oxygen atoms in total. The number of nitrogens with one attached hydrogen (secondary N) is 1. The first-order valence-electron chi connectivity index (χ1n) is 6.47. The first-order valence-corrected chi connectivity index (χ1v) is 7.86. The molecule has 0 saturated carbocycles. The Morgan fingerprint density at radius 1 is 1.37 bits per heavy atom. The summed E-state index contributed by atoms with van der Waals surface area (Å²) >= 11 is 1.84. The quantitative estimate of drug-likeness (QED) is 0.351. The summed E-state index contributed by atoms with van der Waals surface area (Å²) in [6, 6.07) is 6.49. The average molecular weight is 391 g/mol. The molecule has 3 N–H and O–H groups in total. The number of halogens is 1. The minimum absolute atomic E-state index is 0. The van der Waals surface area contributed by atoms with Crippen molar-refractivity contribution in [2.24, 2.45) is 10.7 Å². The van der Waals surface area contributed by atoms with Gasteiger partial charge >= 0.3 is 0 Å². The van der Waals surface area contributed by atoms with Crippen molar-refractivity contribution in [2.75, 3.05) is 23.9 Å². The fourth-order valence-corrected chi connectivity index (χ4v) is 2.66. The molecule has 0 saturated heterocycles. The Balaban J connectivity index is 0.00000180. The number of benzene rings is 1. The van der Waals surface area contributed by atoms with Crippen LogP contribution in [-0.2, 0) is 12.8 Å². The van der Waals surface area contributed by atoms with Crippen molar-refractivity contribution >= 4 is 47.4 Å². The molecule has 19 heavy (non-hydrogen) atoms. The van der Waals surface area contributed by atoms with Crippen LogP contribution in [0.2, 0.25) is 0 Å². The molecule has 0 aromatic heterocycles. The first kappa shape index (κ1) is 16.6. The van der Waals surface area contributed by atoms with E-state index in [-0.39, 0.29) is 24.0 Å². The van der Waals surface area contributed by atoms with Gasteiger partial charge < -0.3 is 11.1 Å². The second-order valence-electron chi connectivity index (χ2n) is 4.58. The zero-order valence-corrected chi connectivity index (χ0v) is 14.5. The lowest BCUT2D eigenvalue weighted by atomic mass is 10.1. The molecule has 0 amide bonds. The number of aryl methyl sites for hydroxylation is 2. The van der Waals surface area contributed by atoms with Crippen molar-refractivity contribution in [2.45, 2.75) is 25.7 Å². The summed E-state index contributed by atoms with van der Waals surface area (Å²) in [5.74, 6) is 1.66. The Bertz CT molecular complexity index is 435. The van der Waals surface area contributed by atoms with E-state index in [0.29, 0.717) is 5.96 Å². The summed E-state index contributed by atoms with van der Waals surface area (Å²) in [5, 5.41) is 3.17. The monoisotopic (exact) mass is 391 g/mol. The van der Waals surface area contributed by atoms with Crippen LogP contribution in [0.4, 0.5) is 5.69 Å². The number of fused-ring (bicyclic) bond motifs is 1. The van der Waals surface area contributed by atoms with Crippen molar-refractivity contribution in [1.82, 2.24) is 0 Å². The minimum Gasteiger partial charge on any atom is -0.370 e. The van der Waals surface area contributed by atoms with Crippen molar-refractivity contribution in [3.05, 3.63) is 29.3 Å². The molecule has 0 heterocycles. The minimum atomic E-state index is 0. The molecule has 0 spiro atoms. The van der Waals surface area contributed by atoms with Crippen LogP contribution in [0.5, 0.6) is 0 Å². The van der Waals surface area contributed by atoms with E-state index in [1.54, 1.807) is 0 Å². The fourth-order valence-electron chi connectivity index (χ4n) is 2.25. The van der Waals surface area contributed by atoms with Crippen LogP contribution in [-0.4, -0.2) is 24.5 Å². The van der Waals surface area contributed by atoms with E-state index in [2.05, 4.69) is 34.8 Å². The van der Waals surface area contributed by atoms with Gasteiger partial charge in [-0.3, -0.25) is 4.99 Å². The third kappa shape index (κ3) is 5.22. The third-order valence-electron chi connectivity index (χ3n) is 3.16. The van der Waals surface area contributed by atoms with Gasteiger partial charge in [-0.2, -0.15) is 11.8 Å². The highest BCUT2D eigenvalue weighted by Crippen LogP contribution is 2.24. The van der Waals surface area contributed by atoms with Crippen LogP contribution in [0, 0.1) is 0 Å². The lowest BCUT2D eigenvalue weighted by molar-refractivity contribution is 0.912. The van der Waals surface area contributed by atoms with Crippen molar-refractivity contribution in [3.63, 3.8) is 0 Å². The van der Waals surface area contributed by atoms with E-state index in [9.17, 15) is 0 Å². The van der Waals surface area contributed by atoms with Gasteiger partial charge in [0.25, 0.3) is 0 Å². The van der Waals surface area contributed by atoms with Gasteiger partial charge in [0, 0.05) is 12.2 Å². The van der Waals surface area contributed by atoms with Crippen LogP contribution >= 0.6 is 35.7 Å². The molecule has 0 atom stereocenters. The molecular weight excluding hydrogens is 369 g/mol. The smallest absolute Gasteiger partial charge is 0.193 e. The number of anilines is 1. The molecule has 0 fully saturated rings. The van der Waals surface area contributed by atoms with Gasteiger partial charge in [0.1, 0.15) is 0 Å². The normalized spacial score (nSPS) is 13.8. The summed E-state index contributed by atoms with van der Waals surface area (Å²) in [6.07, 6.45) is 6.87. The number of aliphatic imine (C=N–C) groups is 1. The van der Waals surface area contributed by atoms with Gasteiger partial charge in [0.2, 0.25) is 0 Å². The van der Waals surface area contributed by atoms with Gasteiger partial charge in [0.05, 0.1) is 0 Å². The molecule has 1 aromatic carbocycles. The molecule has 0 radical (unpaired) electrons. The maximum absolute atomic E-state index is 5.87. The predicted octanol–water partition coefficient (Wildman–Crippen LogP) is 3.27. The molecule has 1 aromatic rings. The van der Waals surface area contributed by atoms with E-state index < -0.39 is 0 Å². The topological polar surface area (TPSA) is 50.4 Å². The highest BCUT2D eigenvalue weighted by molar-refractivity contribution is 14.0. The van der Waals surface area contributed by atoms with Gasteiger partial charge in [-0.25, -0.2) is 0 Å². The van der Waals surface area contributed by atoms with E-state index in [4.69, 9.17) is 5.73 Å². The number of rotatable bonds is 5.